The number of Topliss-reactive ketones (excluding diaryl/α,β-unsaturated/α-hetero) is 1. The number of amides is 2. The summed E-state index contributed by atoms with van der Waals surface area (Å²) in [4.78, 5) is 43.7. The maximum atomic E-state index is 13.4. The molecule has 10 heteroatoms. The highest BCUT2D eigenvalue weighted by atomic mass is 32.1. The van der Waals surface area contributed by atoms with Gasteiger partial charge in [0, 0.05) is 26.2 Å². The zero-order valence-corrected chi connectivity index (χ0v) is 20.7. The number of hydrogen-bond acceptors (Lipinski definition) is 7. The van der Waals surface area contributed by atoms with E-state index in [1.165, 1.54) is 16.2 Å². The number of fused-ring (bicyclic) bond motifs is 1. The number of benzene rings is 2. The predicted octanol–water partition coefficient (Wildman–Crippen LogP) is 3.30. The van der Waals surface area contributed by atoms with E-state index in [-0.39, 0.29) is 11.7 Å². The van der Waals surface area contributed by atoms with Gasteiger partial charge in [0.15, 0.2) is 5.01 Å². The summed E-state index contributed by atoms with van der Waals surface area (Å²) in [5.74, 6) is -0.578. The first-order valence-corrected chi connectivity index (χ1v) is 12.9. The summed E-state index contributed by atoms with van der Waals surface area (Å²) in [6.07, 6.45) is -0.155. The molecule has 1 unspecified atom stereocenters. The summed E-state index contributed by atoms with van der Waals surface area (Å²) in [5.41, 5.74) is 1.66. The number of unbranched alkanes of at least 4 members (excludes halogenated alkanes) is 1. The number of carbonyl (C=O) groups excluding carboxylic acids is 2. The fourth-order valence-electron chi connectivity index (χ4n) is 4.09. The van der Waals surface area contributed by atoms with Crippen LogP contribution in [-0.4, -0.2) is 71.2 Å². The average molecular weight is 511 g/mol. The quantitative estimate of drug-likeness (QED) is 0.267. The number of nitrogens with zero attached hydrogens (tertiary/aromatic N) is 2. The fourth-order valence-corrected chi connectivity index (χ4v) is 5.05. The zero-order chi connectivity index (χ0) is 25.3. The summed E-state index contributed by atoms with van der Waals surface area (Å²) in [6.45, 7) is 2.13. The number of carbonyl (C=O) groups is 3. The Balaban J connectivity index is 1.39. The van der Waals surface area contributed by atoms with E-state index < -0.39 is 18.2 Å². The lowest BCUT2D eigenvalue weighted by Gasteiger charge is -2.25. The molecule has 190 valence electrons. The third-order valence-electron chi connectivity index (χ3n) is 6.02. The van der Waals surface area contributed by atoms with Gasteiger partial charge < -0.3 is 25.4 Å². The van der Waals surface area contributed by atoms with E-state index in [1.807, 2.05) is 54.6 Å². The van der Waals surface area contributed by atoms with Crippen molar-refractivity contribution in [2.45, 2.75) is 38.0 Å². The molecule has 36 heavy (non-hydrogen) atoms. The lowest BCUT2D eigenvalue weighted by molar-refractivity contribution is -0.134. The van der Waals surface area contributed by atoms with Crippen LogP contribution in [0, 0.1) is 0 Å². The van der Waals surface area contributed by atoms with Gasteiger partial charge in [-0.2, -0.15) is 0 Å². The van der Waals surface area contributed by atoms with Crippen molar-refractivity contribution >= 4 is 39.3 Å². The highest BCUT2D eigenvalue weighted by molar-refractivity contribution is 7.20. The predicted molar refractivity (Wildman–Crippen MR) is 137 cm³/mol. The average Bonchev–Trinajstić information content (AvgIpc) is 3.34. The van der Waals surface area contributed by atoms with Crippen LogP contribution in [-0.2, 0) is 16.1 Å². The van der Waals surface area contributed by atoms with Crippen LogP contribution >= 0.6 is 11.3 Å². The number of ether oxygens (including phenoxy) is 1. The Morgan fingerprint density at radius 1 is 1.14 bits per heavy atom. The molecule has 1 aromatic heterocycles. The minimum atomic E-state index is -0.990. The SMILES string of the molecule is O=C(N[C@@H](CCCCN(Cc1ccccc1)C(=O)O)C(=O)c1nc2ccccc2s1)C1CNCCO1. The van der Waals surface area contributed by atoms with E-state index in [4.69, 9.17) is 4.74 Å². The number of nitrogens with one attached hydrogen (secondary N) is 2. The molecule has 1 aliphatic rings. The third-order valence-corrected chi connectivity index (χ3v) is 7.07. The van der Waals surface area contributed by atoms with Gasteiger partial charge in [-0.05, 0) is 37.0 Å². The fraction of sp³-hybridized carbons (Fsp3) is 0.385. The van der Waals surface area contributed by atoms with E-state index in [0.717, 1.165) is 15.8 Å². The van der Waals surface area contributed by atoms with Crippen LogP contribution in [0.5, 0.6) is 0 Å². The smallest absolute Gasteiger partial charge is 0.407 e. The Morgan fingerprint density at radius 2 is 1.92 bits per heavy atom. The van der Waals surface area contributed by atoms with Crippen molar-refractivity contribution in [1.29, 1.82) is 0 Å². The minimum absolute atomic E-state index is 0.243. The Morgan fingerprint density at radius 3 is 2.64 bits per heavy atom. The van der Waals surface area contributed by atoms with E-state index in [1.54, 1.807) is 0 Å². The summed E-state index contributed by atoms with van der Waals surface area (Å²) >= 11 is 1.30. The van der Waals surface area contributed by atoms with Crippen molar-refractivity contribution in [2.75, 3.05) is 26.2 Å². The van der Waals surface area contributed by atoms with Crippen LogP contribution in [0.1, 0.15) is 34.6 Å². The van der Waals surface area contributed by atoms with Crippen LogP contribution in [0.25, 0.3) is 10.2 Å². The molecule has 3 N–H and O–H groups in total. The van der Waals surface area contributed by atoms with E-state index >= 15 is 0 Å². The van der Waals surface area contributed by atoms with Crippen LogP contribution in [0.4, 0.5) is 4.79 Å². The molecule has 4 rings (SSSR count). The first-order valence-electron chi connectivity index (χ1n) is 12.1. The van der Waals surface area contributed by atoms with Crippen LogP contribution in [0.3, 0.4) is 0 Å². The number of hydrogen-bond donors (Lipinski definition) is 3. The van der Waals surface area contributed by atoms with Crippen molar-refractivity contribution in [1.82, 2.24) is 20.5 Å². The van der Waals surface area contributed by atoms with E-state index in [2.05, 4.69) is 15.6 Å². The van der Waals surface area contributed by atoms with Gasteiger partial charge in [0.05, 0.1) is 22.9 Å². The summed E-state index contributed by atoms with van der Waals surface area (Å²) in [5, 5.41) is 15.9. The Labute approximate surface area is 213 Å². The number of thiazole rings is 1. The minimum Gasteiger partial charge on any atom is -0.465 e. The monoisotopic (exact) mass is 510 g/mol. The molecular weight excluding hydrogens is 480 g/mol. The van der Waals surface area contributed by atoms with Crippen molar-refractivity contribution < 1.29 is 24.2 Å². The molecule has 1 saturated heterocycles. The molecule has 3 aromatic rings. The Hall–Kier alpha value is -3.34. The van der Waals surface area contributed by atoms with Crippen molar-refractivity contribution in [3.63, 3.8) is 0 Å². The molecule has 2 aromatic carbocycles. The maximum Gasteiger partial charge on any atom is 0.407 e. The number of para-hydroxylation sites is 1. The number of aromatic nitrogens is 1. The summed E-state index contributed by atoms with van der Waals surface area (Å²) in [7, 11) is 0. The normalized spacial score (nSPS) is 16.4. The molecule has 9 nitrogen and oxygen atoms in total. The summed E-state index contributed by atoms with van der Waals surface area (Å²) < 4.78 is 6.45. The second-order valence-electron chi connectivity index (χ2n) is 8.66. The van der Waals surface area contributed by atoms with Crippen LogP contribution in [0.15, 0.2) is 54.6 Å². The Bertz CT molecular complexity index is 1150. The molecular formula is C26H30N4O5S. The molecule has 1 fully saturated rings. The molecule has 0 spiro atoms. The van der Waals surface area contributed by atoms with Gasteiger partial charge in [0.1, 0.15) is 6.10 Å². The topological polar surface area (TPSA) is 121 Å². The van der Waals surface area contributed by atoms with E-state index in [0.29, 0.717) is 57.1 Å². The van der Waals surface area contributed by atoms with Gasteiger partial charge in [-0.15, -0.1) is 11.3 Å². The Kier molecular flexibility index (Phi) is 8.99. The standard InChI is InChI=1S/C26H30N4O5S/c31-23(25-29-19-10-4-5-12-22(19)36-25)20(28-24(32)21-16-27-13-15-35-21)11-6-7-14-30(26(33)34)17-18-8-2-1-3-9-18/h1-5,8-10,12,20-21,27H,6-7,11,13-17H2,(H,28,32)(H,33,34)/t20-,21?/m0/s1. The van der Waals surface area contributed by atoms with Gasteiger partial charge in [-0.1, -0.05) is 42.5 Å². The van der Waals surface area contributed by atoms with Gasteiger partial charge in [0.25, 0.3) is 5.91 Å². The van der Waals surface area contributed by atoms with Crippen LogP contribution in [0.2, 0.25) is 0 Å². The molecule has 0 aliphatic carbocycles. The highest BCUT2D eigenvalue weighted by Crippen LogP contribution is 2.23. The second kappa shape index (κ2) is 12.6. The van der Waals surface area contributed by atoms with Gasteiger partial charge in [-0.25, -0.2) is 9.78 Å². The lowest BCUT2D eigenvalue weighted by atomic mass is 10.0. The molecule has 2 atom stereocenters. The van der Waals surface area contributed by atoms with Crippen LogP contribution < -0.4 is 10.6 Å². The molecule has 0 saturated carbocycles. The van der Waals surface area contributed by atoms with Gasteiger partial charge in [-0.3, -0.25) is 9.59 Å². The third kappa shape index (κ3) is 6.87. The van der Waals surface area contributed by atoms with Crippen molar-refractivity contribution in [2.24, 2.45) is 0 Å². The van der Waals surface area contributed by atoms with Crippen molar-refractivity contribution in [3.05, 3.63) is 65.2 Å². The second-order valence-corrected chi connectivity index (χ2v) is 9.69. The highest BCUT2D eigenvalue weighted by Gasteiger charge is 2.29. The largest absolute Gasteiger partial charge is 0.465 e. The first kappa shape index (κ1) is 25.7. The maximum absolute atomic E-state index is 13.4. The molecule has 2 amide bonds. The number of morpholine rings is 1. The van der Waals surface area contributed by atoms with Gasteiger partial charge in [0.2, 0.25) is 5.78 Å². The van der Waals surface area contributed by atoms with Gasteiger partial charge >= 0.3 is 6.09 Å². The number of ketones is 1. The molecule has 1 aliphatic heterocycles. The van der Waals surface area contributed by atoms with E-state index in [9.17, 15) is 19.5 Å². The first-order chi connectivity index (χ1) is 17.5. The summed E-state index contributed by atoms with van der Waals surface area (Å²) in [6, 6.07) is 16.2. The number of rotatable bonds is 11. The molecule has 0 bridgehead atoms. The zero-order valence-electron chi connectivity index (χ0n) is 19.9. The van der Waals surface area contributed by atoms with Crippen molar-refractivity contribution in [3.8, 4) is 0 Å². The number of carboxylic acid groups (broad SMARTS) is 1. The lowest BCUT2D eigenvalue weighted by Crippen LogP contribution is -2.52. The molecule has 2 heterocycles. The molecule has 0 radical (unpaired) electrons.